The average molecular weight is 346 g/mol. The van der Waals surface area contributed by atoms with Crippen molar-refractivity contribution >= 4 is 17.0 Å². The van der Waals surface area contributed by atoms with E-state index in [4.69, 9.17) is 9.26 Å². The second kappa shape index (κ2) is 7.49. The van der Waals surface area contributed by atoms with Crippen LogP contribution in [0.25, 0.3) is 11.1 Å². The van der Waals surface area contributed by atoms with Crippen molar-refractivity contribution in [1.29, 1.82) is 0 Å². The lowest BCUT2D eigenvalue weighted by atomic mass is 10.1. The minimum atomic E-state index is -0.147. The summed E-state index contributed by atoms with van der Waals surface area (Å²) in [5.74, 6) is 0.476. The van der Waals surface area contributed by atoms with E-state index in [0.29, 0.717) is 41.4 Å². The Kier molecular flexibility index (Phi) is 5.34. The van der Waals surface area contributed by atoms with E-state index in [0.717, 1.165) is 25.3 Å². The van der Waals surface area contributed by atoms with Crippen molar-refractivity contribution in [2.24, 2.45) is 5.92 Å². The van der Waals surface area contributed by atoms with E-state index in [2.05, 4.69) is 34.2 Å². The van der Waals surface area contributed by atoms with Gasteiger partial charge in [-0.15, -0.1) is 0 Å². The van der Waals surface area contributed by atoms with Gasteiger partial charge in [0.1, 0.15) is 0 Å². The van der Waals surface area contributed by atoms with Gasteiger partial charge < -0.3 is 14.6 Å². The number of carbonyl (C=O) groups is 1. The Bertz CT molecular complexity index is 756. The van der Waals surface area contributed by atoms with Gasteiger partial charge in [0.15, 0.2) is 0 Å². The molecule has 2 aromatic rings. The van der Waals surface area contributed by atoms with Crippen molar-refractivity contribution in [1.82, 2.24) is 20.4 Å². The molecule has 3 heterocycles. The van der Waals surface area contributed by atoms with Crippen molar-refractivity contribution in [3.63, 3.8) is 0 Å². The van der Waals surface area contributed by atoms with E-state index in [9.17, 15) is 4.79 Å². The zero-order chi connectivity index (χ0) is 18.0. The van der Waals surface area contributed by atoms with Crippen LogP contribution in [0.1, 0.15) is 35.6 Å². The molecule has 25 heavy (non-hydrogen) atoms. The van der Waals surface area contributed by atoms with Gasteiger partial charge in [-0.1, -0.05) is 19.0 Å². The minimum absolute atomic E-state index is 0.0125. The molecular weight excluding hydrogens is 320 g/mol. The molecule has 1 fully saturated rings. The van der Waals surface area contributed by atoms with E-state index in [1.807, 2.05) is 13.8 Å². The molecule has 1 aliphatic heterocycles. The van der Waals surface area contributed by atoms with Gasteiger partial charge in [-0.05, 0) is 25.8 Å². The zero-order valence-electron chi connectivity index (χ0n) is 15.3. The molecule has 0 unspecified atom stereocenters. The number of pyridine rings is 1. The average Bonchev–Trinajstić information content (AvgIpc) is 2.92. The predicted molar refractivity (Wildman–Crippen MR) is 94.6 cm³/mol. The van der Waals surface area contributed by atoms with Gasteiger partial charge in [-0.2, -0.15) is 0 Å². The van der Waals surface area contributed by atoms with E-state index in [-0.39, 0.29) is 12.0 Å². The molecule has 7 heteroatoms. The van der Waals surface area contributed by atoms with Crippen molar-refractivity contribution in [3.8, 4) is 0 Å². The fourth-order valence-electron chi connectivity index (χ4n) is 3.28. The highest BCUT2D eigenvalue weighted by molar-refractivity contribution is 6.06. The normalized spacial score (nSPS) is 18.8. The molecule has 1 aliphatic rings. The van der Waals surface area contributed by atoms with Gasteiger partial charge in [0, 0.05) is 31.9 Å². The zero-order valence-corrected chi connectivity index (χ0v) is 15.3. The molecule has 3 rings (SSSR count). The molecule has 2 aromatic heterocycles. The lowest BCUT2D eigenvalue weighted by molar-refractivity contribution is -0.0295. The van der Waals surface area contributed by atoms with Crippen molar-refractivity contribution < 1.29 is 14.1 Å². The number of carbonyl (C=O) groups excluding carboxylic acids is 1. The van der Waals surface area contributed by atoms with E-state index >= 15 is 0 Å². The first-order chi connectivity index (χ1) is 11.9. The molecule has 0 spiro atoms. The van der Waals surface area contributed by atoms with Crippen molar-refractivity contribution in [2.75, 3.05) is 32.8 Å². The Morgan fingerprint density at radius 2 is 2.24 bits per heavy atom. The van der Waals surface area contributed by atoms with Gasteiger partial charge in [0.05, 0.1) is 29.4 Å². The van der Waals surface area contributed by atoms with Gasteiger partial charge in [0.2, 0.25) is 0 Å². The van der Waals surface area contributed by atoms with Crippen LogP contribution >= 0.6 is 0 Å². The first-order valence-electron chi connectivity index (χ1n) is 8.80. The van der Waals surface area contributed by atoms with Crippen molar-refractivity contribution in [3.05, 3.63) is 23.0 Å². The minimum Gasteiger partial charge on any atom is -0.374 e. The predicted octanol–water partition coefficient (Wildman–Crippen LogP) is 1.93. The first-order valence-corrected chi connectivity index (χ1v) is 8.80. The van der Waals surface area contributed by atoms with Crippen LogP contribution in [0.2, 0.25) is 0 Å². The Morgan fingerprint density at radius 3 is 3.00 bits per heavy atom. The molecule has 0 aromatic carbocycles. The van der Waals surface area contributed by atoms with Gasteiger partial charge >= 0.3 is 0 Å². The van der Waals surface area contributed by atoms with Crippen LogP contribution < -0.4 is 5.32 Å². The molecule has 0 saturated carbocycles. The van der Waals surface area contributed by atoms with Crippen LogP contribution in [0.4, 0.5) is 0 Å². The highest BCUT2D eigenvalue weighted by Crippen LogP contribution is 2.21. The third-order valence-corrected chi connectivity index (χ3v) is 4.33. The van der Waals surface area contributed by atoms with Crippen molar-refractivity contribution in [2.45, 2.75) is 33.8 Å². The number of amides is 1. The van der Waals surface area contributed by atoms with Crippen LogP contribution in [0.5, 0.6) is 0 Å². The number of hydrogen-bond donors (Lipinski definition) is 1. The Balaban J connectivity index is 1.66. The van der Waals surface area contributed by atoms with Gasteiger partial charge in [0.25, 0.3) is 11.6 Å². The number of ether oxygens (including phenoxy) is 1. The fraction of sp³-hybridized carbons (Fsp3) is 0.611. The summed E-state index contributed by atoms with van der Waals surface area (Å²) in [6.45, 7) is 12.1. The summed E-state index contributed by atoms with van der Waals surface area (Å²) >= 11 is 0. The lowest BCUT2D eigenvalue weighted by Gasteiger charge is -2.33. The Labute approximate surface area is 147 Å². The summed E-state index contributed by atoms with van der Waals surface area (Å²) < 4.78 is 11.0. The third-order valence-electron chi connectivity index (χ3n) is 4.33. The third kappa shape index (κ3) is 4.16. The maximum atomic E-state index is 12.7. The second-order valence-electron chi connectivity index (χ2n) is 7.12. The quantitative estimate of drug-likeness (QED) is 0.891. The highest BCUT2D eigenvalue weighted by Gasteiger charge is 2.23. The van der Waals surface area contributed by atoms with Crippen LogP contribution in [0, 0.1) is 19.8 Å². The van der Waals surface area contributed by atoms with Crippen LogP contribution in [0.3, 0.4) is 0 Å². The van der Waals surface area contributed by atoms with E-state index in [1.54, 1.807) is 6.07 Å². The summed E-state index contributed by atoms with van der Waals surface area (Å²) in [6, 6.07) is 1.77. The van der Waals surface area contributed by atoms with Crippen LogP contribution in [0.15, 0.2) is 10.6 Å². The summed E-state index contributed by atoms with van der Waals surface area (Å²) in [4.78, 5) is 19.4. The molecule has 1 saturated heterocycles. The molecule has 7 nitrogen and oxygen atoms in total. The molecule has 1 N–H and O–H groups in total. The first kappa shape index (κ1) is 17.8. The number of rotatable bonds is 5. The molecular formula is C18H26N4O3. The summed E-state index contributed by atoms with van der Waals surface area (Å²) in [5, 5.41) is 7.58. The smallest absolute Gasteiger partial charge is 0.258 e. The number of aromatic nitrogens is 2. The number of nitrogens with one attached hydrogen (secondary N) is 1. The maximum Gasteiger partial charge on any atom is 0.258 e. The largest absolute Gasteiger partial charge is 0.374 e. The molecule has 136 valence electrons. The molecule has 1 atom stereocenters. The molecule has 0 radical (unpaired) electrons. The number of aryl methyl sites for hydroxylation is 2. The molecule has 0 aliphatic carbocycles. The number of nitrogens with zero attached hydrogens (tertiary/aromatic N) is 3. The lowest BCUT2D eigenvalue weighted by Crippen LogP contribution is -2.48. The maximum absolute atomic E-state index is 12.7. The van der Waals surface area contributed by atoms with Crippen LogP contribution in [-0.2, 0) is 4.74 Å². The molecule has 1 amide bonds. The number of hydrogen-bond acceptors (Lipinski definition) is 6. The second-order valence-corrected chi connectivity index (χ2v) is 7.12. The highest BCUT2D eigenvalue weighted by atomic mass is 16.5. The van der Waals surface area contributed by atoms with Gasteiger partial charge in [-0.25, -0.2) is 4.98 Å². The standard InChI is InChI=1S/C18H26N4O3/c1-11(2)9-22-5-6-24-14(10-22)8-19-17(23)15-7-12(3)20-18-16(15)13(4)21-25-18/h7,11,14H,5-6,8-10H2,1-4H3,(H,19,23)/t14-/m0/s1. The van der Waals surface area contributed by atoms with E-state index < -0.39 is 0 Å². The van der Waals surface area contributed by atoms with E-state index in [1.165, 1.54) is 0 Å². The SMILES string of the molecule is Cc1cc(C(=O)NC[C@H]2CN(CC(C)C)CCO2)c2c(C)noc2n1. The topological polar surface area (TPSA) is 80.5 Å². The Hall–Kier alpha value is -1.99. The monoisotopic (exact) mass is 346 g/mol. The summed E-state index contributed by atoms with van der Waals surface area (Å²) in [7, 11) is 0. The molecule has 0 bridgehead atoms. The number of morpholine rings is 1. The summed E-state index contributed by atoms with van der Waals surface area (Å²) in [6.07, 6.45) is 0.0125. The number of fused-ring (bicyclic) bond motifs is 1. The Morgan fingerprint density at radius 1 is 1.44 bits per heavy atom. The fourth-order valence-corrected chi connectivity index (χ4v) is 3.28. The summed E-state index contributed by atoms with van der Waals surface area (Å²) in [5.41, 5.74) is 2.35. The van der Waals surface area contributed by atoms with Gasteiger partial charge in [-0.3, -0.25) is 9.69 Å². The van der Waals surface area contributed by atoms with Crippen LogP contribution in [-0.4, -0.2) is 59.8 Å².